The first-order valence-electron chi connectivity index (χ1n) is 7.89. The van der Waals surface area contributed by atoms with E-state index >= 15 is 0 Å². The van der Waals surface area contributed by atoms with Crippen molar-refractivity contribution in [2.45, 2.75) is 13.0 Å². The SMILES string of the molecule is O=c1c2cc(-c3ccccc3)sc2ncn1CCc1ccccc1. The lowest BCUT2D eigenvalue weighted by atomic mass is 10.1. The number of aryl methyl sites for hydroxylation is 2. The summed E-state index contributed by atoms with van der Waals surface area (Å²) in [7, 11) is 0. The Morgan fingerprint density at radius 2 is 1.67 bits per heavy atom. The normalized spacial score (nSPS) is 11.0. The number of fused-ring (bicyclic) bond motifs is 1. The van der Waals surface area contributed by atoms with Crippen molar-refractivity contribution in [3.8, 4) is 10.4 Å². The van der Waals surface area contributed by atoms with Crippen LogP contribution in [0.15, 0.2) is 77.9 Å². The largest absolute Gasteiger partial charge is 0.298 e. The lowest BCUT2D eigenvalue weighted by molar-refractivity contribution is 0.663. The molecule has 0 aliphatic carbocycles. The molecule has 4 rings (SSSR count). The summed E-state index contributed by atoms with van der Waals surface area (Å²) < 4.78 is 1.71. The Labute approximate surface area is 143 Å². The second kappa shape index (κ2) is 6.42. The molecule has 0 amide bonds. The molecule has 3 nitrogen and oxygen atoms in total. The third kappa shape index (κ3) is 2.88. The van der Waals surface area contributed by atoms with Gasteiger partial charge < -0.3 is 0 Å². The molecule has 4 heteroatoms. The molecule has 0 atom stereocenters. The molecule has 2 aromatic heterocycles. The summed E-state index contributed by atoms with van der Waals surface area (Å²) in [5.41, 5.74) is 2.38. The van der Waals surface area contributed by atoms with Crippen molar-refractivity contribution >= 4 is 21.6 Å². The van der Waals surface area contributed by atoms with E-state index in [0.717, 1.165) is 21.7 Å². The molecule has 0 fully saturated rings. The van der Waals surface area contributed by atoms with Gasteiger partial charge in [-0.1, -0.05) is 60.7 Å². The topological polar surface area (TPSA) is 34.9 Å². The molecule has 118 valence electrons. The first-order chi connectivity index (χ1) is 11.8. The van der Waals surface area contributed by atoms with Gasteiger partial charge in [0.05, 0.1) is 11.7 Å². The molecular formula is C20H16N2OS. The van der Waals surface area contributed by atoms with Crippen molar-refractivity contribution in [2.75, 3.05) is 0 Å². The number of benzene rings is 2. The number of rotatable bonds is 4. The zero-order chi connectivity index (χ0) is 16.4. The highest BCUT2D eigenvalue weighted by Crippen LogP contribution is 2.30. The van der Waals surface area contributed by atoms with E-state index in [1.54, 1.807) is 22.2 Å². The highest BCUT2D eigenvalue weighted by molar-refractivity contribution is 7.21. The van der Waals surface area contributed by atoms with Crippen LogP contribution in [0.3, 0.4) is 0 Å². The molecule has 0 N–H and O–H groups in total. The molecule has 0 saturated heterocycles. The molecule has 0 spiro atoms. The van der Waals surface area contributed by atoms with Crippen molar-refractivity contribution in [3.05, 3.63) is 89.0 Å². The first-order valence-corrected chi connectivity index (χ1v) is 8.71. The quantitative estimate of drug-likeness (QED) is 0.556. The van der Waals surface area contributed by atoms with Crippen molar-refractivity contribution in [2.24, 2.45) is 0 Å². The van der Waals surface area contributed by atoms with Crippen LogP contribution in [-0.2, 0) is 13.0 Å². The van der Waals surface area contributed by atoms with Crippen LogP contribution in [-0.4, -0.2) is 9.55 Å². The maximum Gasteiger partial charge on any atom is 0.262 e. The molecule has 0 saturated carbocycles. The van der Waals surface area contributed by atoms with Gasteiger partial charge in [0, 0.05) is 11.4 Å². The summed E-state index contributed by atoms with van der Waals surface area (Å²) in [6, 6.07) is 22.3. The van der Waals surface area contributed by atoms with E-state index in [-0.39, 0.29) is 5.56 Å². The lowest BCUT2D eigenvalue weighted by Crippen LogP contribution is -2.20. The zero-order valence-corrected chi connectivity index (χ0v) is 13.9. The number of aromatic nitrogens is 2. The van der Waals surface area contributed by atoms with E-state index in [1.807, 2.05) is 42.5 Å². The fourth-order valence-electron chi connectivity index (χ4n) is 2.76. The smallest absolute Gasteiger partial charge is 0.262 e. The first kappa shape index (κ1) is 14.8. The summed E-state index contributed by atoms with van der Waals surface area (Å²) in [6.45, 7) is 0.641. The van der Waals surface area contributed by atoms with Crippen LogP contribution in [0.5, 0.6) is 0 Å². The summed E-state index contributed by atoms with van der Waals surface area (Å²) in [6.07, 6.45) is 2.49. The van der Waals surface area contributed by atoms with Gasteiger partial charge >= 0.3 is 0 Å². The van der Waals surface area contributed by atoms with Gasteiger partial charge in [-0.05, 0) is 23.6 Å². The lowest BCUT2D eigenvalue weighted by Gasteiger charge is -2.05. The van der Waals surface area contributed by atoms with E-state index in [2.05, 4.69) is 29.2 Å². The predicted molar refractivity (Wildman–Crippen MR) is 99.5 cm³/mol. The van der Waals surface area contributed by atoms with E-state index in [1.165, 1.54) is 5.56 Å². The van der Waals surface area contributed by atoms with Gasteiger partial charge in [0.15, 0.2) is 0 Å². The summed E-state index contributed by atoms with van der Waals surface area (Å²) in [4.78, 5) is 19.1. The molecule has 2 heterocycles. The van der Waals surface area contributed by atoms with Gasteiger partial charge in [0.2, 0.25) is 0 Å². The van der Waals surface area contributed by atoms with Crippen LogP contribution in [0, 0.1) is 0 Å². The van der Waals surface area contributed by atoms with E-state index in [4.69, 9.17) is 0 Å². The fourth-order valence-corrected chi connectivity index (χ4v) is 3.75. The third-order valence-corrected chi connectivity index (χ3v) is 5.15. The molecule has 0 unspecified atom stereocenters. The van der Waals surface area contributed by atoms with Gasteiger partial charge in [-0.25, -0.2) is 4.98 Å². The number of nitrogens with zero attached hydrogens (tertiary/aromatic N) is 2. The van der Waals surface area contributed by atoms with Gasteiger partial charge in [0.1, 0.15) is 4.83 Å². The Morgan fingerprint density at radius 3 is 2.42 bits per heavy atom. The summed E-state index contributed by atoms with van der Waals surface area (Å²) in [5, 5.41) is 0.703. The van der Waals surface area contributed by atoms with Crippen molar-refractivity contribution in [1.29, 1.82) is 0 Å². The Hall–Kier alpha value is -2.72. The highest BCUT2D eigenvalue weighted by Gasteiger charge is 2.10. The Balaban J connectivity index is 1.66. The summed E-state index contributed by atoms with van der Waals surface area (Å²) >= 11 is 1.56. The number of hydrogen-bond acceptors (Lipinski definition) is 3. The van der Waals surface area contributed by atoms with E-state index in [0.29, 0.717) is 11.9 Å². The van der Waals surface area contributed by atoms with Crippen LogP contribution in [0.1, 0.15) is 5.56 Å². The Kier molecular flexibility index (Phi) is 3.97. The van der Waals surface area contributed by atoms with E-state index < -0.39 is 0 Å². The van der Waals surface area contributed by atoms with Crippen LogP contribution >= 0.6 is 11.3 Å². The minimum Gasteiger partial charge on any atom is -0.298 e. The minimum atomic E-state index is 0.0364. The fraction of sp³-hybridized carbons (Fsp3) is 0.100. The Bertz CT molecular complexity index is 1020. The zero-order valence-electron chi connectivity index (χ0n) is 13.1. The van der Waals surface area contributed by atoms with Crippen LogP contribution in [0.4, 0.5) is 0 Å². The second-order valence-corrected chi connectivity index (χ2v) is 6.70. The highest BCUT2D eigenvalue weighted by atomic mass is 32.1. The number of hydrogen-bond donors (Lipinski definition) is 0. The molecule has 0 bridgehead atoms. The molecule has 24 heavy (non-hydrogen) atoms. The minimum absolute atomic E-state index is 0.0364. The molecule has 0 radical (unpaired) electrons. The maximum atomic E-state index is 12.7. The average Bonchev–Trinajstić information content (AvgIpc) is 3.08. The van der Waals surface area contributed by atoms with Crippen molar-refractivity contribution < 1.29 is 0 Å². The molecule has 2 aromatic carbocycles. The van der Waals surface area contributed by atoms with Gasteiger partial charge in [-0.3, -0.25) is 9.36 Å². The molecular weight excluding hydrogens is 316 g/mol. The molecule has 4 aromatic rings. The average molecular weight is 332 g/mol. The molecule has 0 aliphatic heterocycles. The third-order valence-electron chi connectivity index (χ3n) is 4.06. The standard InChI is InChI=1S/C20H16N2OS/c23-20-17-13-18(16-9-5-2-6-10-16)24-19(17)21-14-22(20)12-11-15-7-3-1-4-8-15/h1-10,13-14H,11-12H2. The van der Waals surface area contributed by atoms with Crippen LogP contribution in [0.2, 0.25) is 0 Å². The maximum absolute atomic E-state index is 12.7. The van der Waals surface area contributed by atoms with E-state index in [9.17, 15) is 4.79 Å². The second-order valence-electron chi connectivity index (χ2n) is 5.67. The van der Waals surface area contributed by atoms with Gasteiger partial charge in [0.25, 0.3) is 5.56 Å². The van der Waals surface area contributed by atoms with Crippen molar-refractivity contribution in [3.63, 3.8) is 0 Å². The summed E-state index contributed by atoms with van der Waals surface area (Å²) in [5.74, 6) is 0. The molecule has 0 aliphatic rings. The predicted octanol–water partition coefficient (Wildman–Crippen LogP) is 4.37. The van der Waals surface area contributed by atoms with Crippen molar-refractivity contribution in [1.82, 2.24) is 9.55 Å². The number of thiophene rings is 1. The van der Waals surface area contributed by atoms with Crippen LogP contribution < -0.4 is 5.56 Å². The van der Waals surface area contributed by atoms with Gasteiger partial charge in [-0.15, -0.1) is 11.3 Å². The Morgan fingerprint density at radius 1 is 0.958 bits per heavy atom. The van der Waals surface area contributed by atoms with Gasteiger partial charge in [-0.2, -0.15) is 0 Å². The monoisotopic (exact) mass is 332 g/mol. The van der Waals surface area contributed by atoms with Crippen LogP contribution in [0.25, 0.3) is 20.7 Å².